The maximum Gasteiger partial charge on any atom is 0.227 e. The van der Waals surface area contributed by atoms with Crippen LogP contribution in [0.25, 0.3) is 0 Å². The van der Waals surface area contributed by atoms with E-state index in [4.69, 9.17) is 9.47 Å². The Morgan fingerprint density at radius 1 is 1.03 bits per heavy atom. The SMILES string of the molecule is Cc1ccc(CN2CCCC(C(=O)N(Cc3ccc4c(c3)OCCCO4)CC(C)C)C2)cc1. The third-order valence-corrected chi connectivity index (χ3v) is 6.46. The second kappa shape index (κ2) is 11.1. The fourth-order valence-corrected chi connectivity index (χ4v) is 4.81. The van der Waals surface area contributed by atoms with Crippen LogP contribution in [0.1, 0.15) is 49.8 Å². The predicted molar refractivity (Wildman–Crippen MR) is 131 cm³/mol. The molecule has 2 aliphatic heterocycles. The average Bonchev–Trinajstić information content (AvgIpc) is 3.05. The summed E-state index contributed by atoms with van der Waals surface area (Å²) in [7, 11) is 0. The van der Waals surface area contributed by atoms with Crippen molar-refractivity contribution in [1.82, 2.24) is 9.80 Å². The van der Waals surface area contributed by atoms with E-state index in [-0.39, 0.29) is 11.8 Å². The molecule has 0 radical (unpaired) electrons. The number of benzene rings is 2. The number of hydrogen-bond acceptors (Lipinski definition) is 4. The Morgan fingerprint density at radius 3 is 2.52 bits per heavy atom. The number of fused-ring (bicyclic) bond motifs is 1. The Bertz CT molecular complexity index is 925. The molecule has 0 aliphatic carbocycles. The van der Waals surface area contributed by atoms with Gasteiger partial charge in [-0.2, -0.15) is 0 Å². The molecular weight excluding hydrogens is 412 g/mol. The van der Waals surface area contributed by atoms with E-state index >= 15 is 0 Å². The predicted octanol–water partition coefficient (Wildman–Crippen LogP) is 5.05. The molecule has 0 aromatic heterocycles. The molecule has 178 valence electrons. The highest BCUT2D eigenvalue weighted by atomic mass is 16.5. The van der Waals surface area contributed by atoms with E-state index in [0.717, 1.165) is 62.5 Å². The first-order valence-corrected chi connectivity index (χ1v) is 12.4. The second-order valence-corrected chi connectivity index (χ2v) is 10.0. The quantitative estimate of drug-likeness (QED) is 0.592. The van der Waals surface area contributed by atoms with Crippen LogP contribution in [0, 0.1) is 18.8 Å². The van der Waals surface area contributed by atoms with Gasteiger partial charge in [-0.15, -0.1) is 0 Å². The number of aryl methyl sites for hydroxylation is 1. The van der Waals surface area contributed by atoms with Crippen molar-refractivity contribution in [1.29, 1.82) is 0 Å². The summed E-state index contributed by atoms with van der Waals surface area (Å²) in [4.78, 5) is 18.2. The fourth-order valence-electron chi connectivity index (χ4n) is 4.81. The lowest BCUT2D eigenvalue weighted by Crippen LogP contribution is -2.45. The number of ether oxygens (including phenoxy) is 2. The Labute approximate surface area is 198 Å². The van der Waals surface area contributed by atoms with Crippen LogP contribution < -0.4 is 9.47 Å². The lowest BCUT2D eigenvalue weighted by atomic mass is 9.95. The van der Waals surface area contributed by atoms with Crippen LogP contribution in [0.15, 0.2) is 42.5 Å². The van der Waals surface area contributed by atoms with Crippen molar-refractivity contribution in [3.8, 4) is 11.5 Å². The highest BCUT2D eigenvalue weighted by Crippen LogP contribution is 2.31. The minimum absolute atomic E-state index is 0.0587. The molecule has 1 amide bonds. The molecule has 1 fully saturated rings. The van der Waals surface area contributed by atoms with Crippen molar-refractivity contribution in [2.24, 2.45) is 11.8 Å². The van der Waals surface area contributed by atoms with Crippen molar-refractivity contribution >= 4 is 5.91 Å². The molecule has 2 heterocycles. The van der Waals surface area contributed by atoms with Gasteiger partial charge in [0.25, 0.3) is 0 Å². The zero-order valence-electron chi connectivity index (χ0n) is 20.4. The first kappa shape index (κ1) is 23.6. The van der Waals surface area contributed by atoms with Crippen molar-refractivity contribution in [3.63, 3.8) is 0 Å². The van der Waals surface area contributed by atoms with Gasteiger partial charge in [-0.1, -0.05) is 49.7 Å². The Balaban J connectivity index is 1.43. The number of likely N-dealkylation sites (tertiary alicyclic amines) is 1. The summed E-state index contributed by atoms with van der Waals surface area (Å²) in [6.45, 7) is 12.0. The van der Waals surface area contributed by atoms with Gasteiger partial charge in [0.2, 0.25) is 5.91 Å². The minimum atomic E-state index is 0.0587. The van der Waals surface area contributed by atoms with E-state index < -0.39 is 0 Å². The van der Waals surface area contributed by atoms with Crippen LogP contribution >= 0.6 is 0 Å². The maximum atomic E-state index is 13.7. The van der Waals surface area contributed by atoms with E-state index in [0.29, 0.717) is 25.7 Å². The molecular formula is C28H38N2O3. The second-order valence-electron chi connectivity index (χ2n) is 10.0. The lowest BCUT2D eigenvalue weighted by molar-refractivity contribution is -0.138. The maximum absolute atomic E-state index is 13.7. The summed E-state index contributed by atoms with van der Waals surface area (Å²) in [5, 5.41) is 0. The summed E-state index contributed by atoms with van der Waals surface area (Å²) in [5.74, 6) is 2.36. The topological polar surface area (TPSA) is 42.0 Å². The molecule has 1 saturated heterocycles. The molecule has 0 saturated carbocycles. The average molecular weight is 451 g/mol. The number of piperidine rings is 1. The van der Waals surface area contributed by atoms with Crippen LogP contribution in [0.3, 0.4) is 0 Å². The molecule has 5 heteroatoms. The summed E-state index contributed by atoms with van der Waals surface area (Å²) >= 11 is 0. The summed E-state index contributed by atoms with van der Waals surface area (Å²) in [6, 6.07) is 14.8. The monoisotopic (exact) mass is 450 g/mol. The van der Waals surface area contributed by atoms with Gasteiger partial charge in [0.15, 0.2) is 11.5 Å². The Kier molecular flexibility index (Phi) is 7.92. The van der Waals surface area contributed by atoms with E-state index in [2.05, 4.69) is 60.9 Å². The molecule has 1 unspecified atom stereocenters. The van der Waals surface area contributed by atoms with E-state index in [1.165, 1.54) is 11.1 Å². The van der Waals surface area contributed by atoms with Crippen LogP contribution in [-0.2, 0) is 17.9 Å². The summed E-state index contributed by atoms with van der Waals surface area (Å²) in [6.07, 6.45) is 2.93. The van der Waals surface area contributed by atoms with Crippen molar-refractivity contribution < 1.29 is 14.3 Å². The Hall–Kier alpha value is -2.53. The van der Waals surface area contributed by atoms with Crippen LogP contribution in [0.2, 0.25) is 0 Å². The Morgan fingerprint density at radius 2 is 1.76 bits per heavy atom. The molecule has 2 aromatic carbocycles. The van der Waals surface area contributed by atoms with Crippen LogP contribution in [0.5, 0.6) is 11.5 Å². The number of rotatable bonds is 7. The van der Waals surface area contributed by atoms with Gasteiger partial charge in [0, 0.05) is 32.6 Å². The summed E-state index contributed by atoms with van der Waals surface area (Å²) in [5.41, 5.74) is 3.70. The lowest BCUT2D eigenvalue weighted by Gasteiger charge is -2.35. The normalized spacial score (nSPS) is 18.7. The van der Waals surface area contributed by atoms with Gasteiger partial charge in [0.05, 0.1) is 19.1 Å². The molecule has 1 atom stereocenters. The van der Waals surface area contributed by atoms with Crippen LogP contribution in [-0.4, -0.2) is 48.6 Å². The standard InChI is InChI=1S/C28H38N2O3/c1-21(2)17-30(19-24-11-12-26-27(16-24)33-15-5-14-32-26)28(31)25-6-4-13-29(20-25)18-23-9-7-22(3)8-10-23/h7-12,16,21,25H,4-6,13-15,17-20H2,1-3H3. The van der Waals surface area contributed by atoms with Crippen molar-refractivity contribution in [3.05, 3.63) is 59.2 Å². The molecule has 0 bridgehead atoms. The van der Waals surface area contributed by atoms with Gasteiger partial charge in [0.1, 0.15) is 0 Å². The molecule has 0 N–H and O–H groups in total. The summed E-state index contributed by atoms with van der Waals surface area (Å²) < 4.78 is 11.6. The first-order chi connectivity index (χ1) is 16.0. The van der Waals surface area contributed by atoms with Crippen LogP contribution in [0.4, 0.5) is 0 Å². The largest absolute Gasteiger partial charge is 0.490 e. The molecule has 5 nitrogen and oxygen atoms in total. The smallest absolute Gasteiger partial charge is 0.227 e. The van der Waals surface area contributed by atoms with Gasteiger partial charge >= 0.3 is 0 Å². The van der Waals surface area contributed by atoms with Crippen molar-refractivity contribution in [2.75, 3.05) is 32.8 Å². The molecule has 0 spiro atoms. The molecule has 33 heavy (non-hydrogen) atoms. The number of hydrogen-bond donors (Lipinski definition) is 0. The highest BCUT2D eigenvalue weighted by Gasteiger charge is 2.30. The zero-order chi connectivity index (χ0) is 23.2. The zero-order valence-corrected chi connectivity index (χ0v) is 20.4. The van der Waals surface area contributed by atoms with Gasteiger partial charge in [-0.3, -0.25) is 9.69 Å². The number of nitrogens with zero attached hydrogens (tertiary/aromatic N) is 2. The molecule has 4 rings (SSSR count). The number of carbonyl (C=O) groups is 1. The fraction of sp³-hybridized carbons (Fsp3) is 0.536. The number of amides is 1. The third kappa shape index (κ3) is 6.50. The van der Waals surface area contributed by atoms with Gasteiger partial charge in [-0.05, 0) is 55.5 Å². The van der Waals surface area contributed by atoms with Crippen molar-refractivity contribution in [2.45, 2.75) is 53.1 Å². The van der Waals surface area contributed by atoms with Gasteiger partial charge in [-0.25, -0.2) is 0 Å². The van der Waals surface area contributed by atoms with E-state index in [1.807, 2.05) is 12.1 Å². The highest BCUT2D eigenvalue weighted by molar-refractivity contribution is 5.79. The first-order valence-electron chi connectivity index (χ1n) is 12.4. The minimum Gasteiger partial charge on any atom is -0.490 e. The van der Waals surface area contributed by atoms with E-state index in [1.54, 1.807) is 0 Å². The van der Waals surface area contributed by atoms with E-state index in [9.17, 15) is 4.79 Å². The molecule has 2 aromatic rings. The van der Waals surface area contributed by atoms with Gasteiger partial charge < -0.3 is 14.4 Å². The third-order valence-electron chi connectivity index (χ3n) is 6.46. The number of carbonyl (C=O) groups excluding carboxylic acids is 1. The molecule has 2 aliphatic rings.